The summed E-state index contributed by atoms with van der Waals surface area (Å²) in [5.74, 6) is -2.69. The van der Waals surface area contributed by atoms with Crippen molar-refractivity contribution in [2.24, 2.45) is 23.3 Å². The van der Waals surface area contributed by atoms with Crippen LogP contribution in [0.2, 0.25) is 0 Å². The normalized spacial score (nSPS) is 16.2. The first-order valence-corrected chi connectivity index (χ1v) is 9.72. The molecule has 0 saturated heterocycles. The third-order valence-electron chi connectivity index (χ3n) is 4.91. The summed E-state index contributed by atoms with van der Waals surface area (Å²) in [6, 6.07) is -2.71. The van der Waals surface area contributed by atoms with Crippen LogP contribution in [0.15, 0.2) is 0 Å². The summed E-state index contributed by atoms with van der Waals surface area (Å²) in [7, 11) is 0. The molecule has 0 fully saturated rings. The lowest BCUT2D eigenvalue weighted by Crippen LogP contribution is -2.57. The number of carbonyl (C=O) groups is 3. The van der Waals surface area contributed by atoms with Crippen molar-refractivity contribution in [1.29, 1.82) is 5.41 Å². The van der Waals surface area contributed by atoms with Gasteiger partial charge >= 0.3 is 5.97 Å². The lowest BCUT2D eigenvalue weighted by Gasteiger charge is -2.28. The Labute approximate surface area is 166 Å². The van der Waals surface area contributed by atoms with Crippen LogP contribution in [0.1, 0.15) is 53.4 Å². The quantitative estimate of drug-likeness (QED) is 0.126. The molecule has 0 aliphatic rings. The number of nitrogens with two attached hydrogens (primary N) is 2. The molecule has 5 atom stereocenters. The maximum Gasteiger partial charge on any atom is 0.326 e. The van der Waals surface area contributed by atoms with Gasteiger partial charge in [-0.05, 0) is 24.7 Å². The molecule has 2 amide bonds. The molecular formula is C18H36N6O4. The first-order chi connectivity index (χ1) is 13.0. The summed E-state index contributed by atoms with van der Waals surface area (Å²) in [5, 5.41) is 24.3. The molecule has 0 aliphatic carbocycles. The lowest BCUT2D eigenvalue weighted by atomic mass is 9.95. The molecule has 10 nitrogen and oxygen atoms in total. The van der Waals surface area contributed by atoms with Crippen molar-refractivity contribution in [3.05, 3.63) is 0 Å². The number of carboxylic acids is 1. The molecule has 0 heterocycles. The fraction of sp³-hybridized carbons (Fsp3) is 0.778. The minimum absolute atomic E-state index is 0.152. The Morgan fingerprint density at radius 1 is 1.00 bits per heavy atom. The number of aliphatic carboxylic acids is 1. The van der Waals surface area contributed by atoms with Gasteiger partial charge in [-0.1, -0.05) is 40.5 Å². The summed E-state index contributed by atoms with van der Waals surface area (Å²) >= 11 is 0. The largest absolute Gasteiger partial charge is 0.480 e. The lowest BCUT2D eigenvalue weighted by molar-refractivity contribution is -0.144. The van der Waals surface area contributed by atoms with Gasteiger partial charge in [0.2, 0.25) is 11.8 Å². The van der Waals surface area contributed by atoms with Crippen LogP contribution in [0, 0.1) is 17.2 Å². The second-order valence-electron chi connectivity index (χ2n) is 7.17. The number of hydrogen-bond acceptors (Lipinski definition) is 5. The van der Waals surface area contributed by atoms with Crippen molar-refractivity contribution < 1.29 is 19.5 Å². The van der Waals surface area contributed by atoms with E-state index in [-0.39, 0.29) is 17.8 Å². The number of guanidine groups is 1. The molecule has 9 N–H and O–H groups in total. The van der Waals surface area contributed by atoms with Crippen LogP contribution in [0.3, 0.4) is 0 Å². The van der Waals surface area contributed by atoms with Gasteiger partial charge in [-0.25, -0.2) is 4.79 Å². The van der Waals surface area contributed by atoms with Crippen molar-refractivity contribution in [1.82, 2.24) is 16.0 Å². The van der Waals surface area contributed by atoms with Crippen LogP contribution >= 0.6 is 0 Å². The Bertz CT molecular complexity index is 542. The standard InChI is InChI=1S/C18H36N6O4/c1-5-10(3)13(16(26)24-14(17(27)28)11(4)6-2)23-15(25)12(19)8-7-9-22-18(20)21/h10-14H,5-9,19H2,1-4H3,(H,23,25)(H,24,26)(H,27,28)(H4,20,21,22)/t10-,11-,12-,13-,14-/m0/s1. The Morgan fingerprint density at radius 2 is 1.50 bits per heavy atom. The highest BCUT2D eigenvalue weighted by Crippen LogP contribution is 2.12. The molecule has 0 unspecified atom stereocenters. The Kier molecular flexibility index (Phi) is 11.8. The summed E-state index contributed by atoms with van der Waals surface area (Å²) in [4.78, 5) is 36.6. The van der Waals surface area contributed by atoms with E-state index >= 15 is 0 Å². The van der Waals surface area contributed by atoms with Crippen LogP contribution < -0.4 is 27.4 Å². The molecular weight excluding hydrogens is 364 g/mol. The number of hydrogen-bond donors (Lipinski definition) is 7. The third kappa shape index (κ3) is 9.03. The average Bonchev–Trinajstić information content (AvgIpc) is 2.65. The van der Waals surface area contributed by atoms with Crippen LogP contribution in [0.4, 0.5) is 0 Å². The third-order valence-corrected chi connectivity index (χ3v) is 4.91. The first-order valence-electron chi connectivity index (χ1n) is 9.72. The van der Waals surface area contributed by atoms with E-state index in [1.807, 2.05) is 20.8 Å². The topological polar surface area (TPSA) is 183 Å². The Hall–Kier alpha value is -2.36. The van der Waals surface area contributed by atoms with Gasteiger partial charge in [0.25, 0.3) is 0 Å². The van der Waals surface area contributed by atoms with E-state index in [2.05, 4.69) is 16.0 Å². The maximum absolute atomic E-state index is 12.7. The predicted molar refractivity (Wildman–Crippen MR) is 108 cm³/mol. The van der Waals surface area contributed by atoms with Gasteiger partial charge < -0.3 is 32.5 Å². The van der Waals surface area contributed by atoms with E-state index < -0.39 is 35.9 Å². The van der Waals surface area contributed by atoms with Gasteiger partial charge in [-0.3, -0.25) is 15.0 Å². The molecule has 0 radical (unpaired) electrons. The fourth-order valence-electron chi connectivity index (χ4n) is 2.56. The fourth-order valence-corrected chi connectivity index (χ4v) is 2.56. The Morgan fingerprint density at radius 3 is 1.96 bits per heavy atom. The zero-order valence-electron chi connectivity index (χ0n) is 17.2. The van der Waals surface area contributed by atoms with Crippen LogP contribution in [-0.2, 0) is 14.4 Å². The molecule has 0 saturated carbocycles. The van der Waals surface area contributed by atoms with Gasteiger partial charge in [-0.2, -0.15) is 0 Å². The van der Waals surface area contributed by atoms with Gasteiger partial charge in [-0.15, -0.1) is 0 Å². The zero-order valence-corrected chi connectivity index (χ0v) is 17.2. The van der Waals surface area contributed by atoms with Gasteiger partial charge in [0.1, 0.15) is 12.1 Å². The Balaban J connectivity index is 4.97. The predicted octanol–water partition coefficient (Wildman–Crippen LogP) is -0.277. The van der Waals surface area contributed by atoms with Gasteiger partial charge in [0.15, 0.2) is 5.96 Å². The number of carbonyl (C=O) groups excluding carboxylic acids is 2. The van der Waals surface area contributed by atoms with Crippen molar-refractivity contribution in [3.63, 3.8) is 0 Å². The van der Waals surface area contributed by atoms with E-state index in [0.717, 1.165) is 0 Å². The molecule has 0 aliphatic heterocycles. The van der Waals surface area contributed by atoms with E-state index in [4.69, 9.17) is 16.9 Å². The average molecular weight is 401 g/mol. The van der Waals surface area contributed by atoms with Crippen molar-refractivity contribution in [3.8, 4) is 0 Å². The van der Waals surface area contributed by atoms with Crippen molar-refractivity contribution in [2.75, 3.05) is 6.54 Å². The molecule has 28 heavy (non-hydrogen) atoms. The smallest absolute Gasteiger partial charge is 0.326 e. The minimum Gasteiger partial charge on any atom is -0.480 e. The highest BCUT2D eigenvalue weighted by molar-refractivity contribution is 5.92. The molecule has 0 bridgehead atoms. The number of carboxylic acid groups (broad SMARTS) is 1. The monoisotopic (exact) mass is 400 g/mol. The number of nitrogens with one attached hydrogen (secondary N) is 4. The summed E-state index contributed by atoms with van der Waals surface area (Å²) in [6.07, 6.45) is 2.10. The second kappa shape index (κ2) is 12.9. The molecule has 162 valence electrons. The molecule has 10 heteroatoms. The minimum atomic E-state index is -1.10. The molecule has 0 aromatic heterocycles. The summed E-state index contributed by atoms with van der Waals surface area (Å²) in [5.41, 5.74) is 11.1. The highest BCUT2D eigenvalue weighted by Gasteiger charge is 2.32. The summed E-state index contributed by atoms with van der Waals surface area (Å²) in [6.45, 7) is 7.71. The van der Waals surface area contributed by atoms with Crippen molar-refractivity contribution in [2.45, 2.75) is 71.5 Å². The van der Waals surface area contributed by atoms with E-state index in [1.54, 1.807) is 6.92 Å². The molecule has 0 spiro atoms. The van der Waals surface area contributed by atoms with E-state index in [1.165, 1.54) is 0 Å². The highest BCUT2D eigenvalue weighted by atomic mass is 16.4. The van der Waals surface area contributed by atoms with Crippen molar-refractivity contribution >= 4 is 23.7 Å². The van der Waals surface area contributed by atoms with E-state index in [9.17, 15) is 19.5 Å². The SMILES string of the molecule is CC[C@H](C)[C@H](NC(=O)[C@@H](NC(=O)[C@@H](N)CCCNC(=N)N)[C@@H](C)CC)C(=O)O. The molecule has 0 aromatic rings. The van der Waals surface area contributed by atoms with Crippen LogP contribution in [-0.4, -0.2) is 53.5 Å². The second-order valence-corrected chi connectivity index (χ2v) is 7.17. The van der Waals surface area contributed by atoms with Crippen LogP contribution in [0.5, 0.6) is 0 Å². The zero-order chi connectivity index (χ0) is 21.9. The van der Waals surface area contributed by atoms with Gasteiger partial charge in [0, 0.05) is 6.54 Å². The van der Waals surface area contributed by atoms with Crippen LogP contribution in [0.25, 0.3) is 0 Å². The number of rotatable bonds is 13. The van der Waals surface area contributed by atoms with Gasteiger partial charge in [0.05, 0.1) is 6.04 Å². The maximum atomic E-state index is 12.7. The van der Waals surface area contributed by atoms with E-state index in [0.29, 0.717) is 32.2 Å². The molecule has 0 rings (SSSR count). The summed E-state index contributed by atoms with van der Waals surface area (Å²) < 4.78 is 0. The number of amides is 2. The molecule has 0 aromatic carbocycles. The first kappa shape index (κ1) is 25.6.